The van der Waals surface area contributed by atoms with E-state index in [1.165, 1.54) is 13.0 Å². The number of ether oxygens (including phenoxy) is 1. The van der Waals surface area contributed by atoms with Crippen molar-refractivity contribution in [2.75, 3.05) is 5.32 Å². The SMILES string of the molecule is CC(OC(=O)c1ccc(S(=O)(=O)C(F)F)cc1)C(=O)Nc1ccc([N+](=O)[O-])cc1Cl. The first-order valence-electron chi connectivity index (χ1n) is 8.01. The number of anilines is 1. The van der Waals surface area contributed by atoms with Crippen molar-refractivity contribution in [3.8, 4) is 0 Å². The molecule has 1 unspecified atom stereocenters. The van der Waals surface area contributed by atoms with Crippen LogP contribution in [0.15, 0.2) is 47.4 Å². The first kappa shape index (κ1) is 23.2. The van der Waals surface area contributed by atoms with E-state index in [9.17, 15) is 36.9 Å². The van der Waals surface area contributed by atoms with Crippen molar-refractivity contribution >= 4 is 44.7 Å². The molecule has 0 spiro atoms. The molecule has 2 aromatic carbocycles. The minimum atomic E-state index is -4.81. The molecule has 0 radical (unpaired) electrons. The van der Waals surface area contributed by atoms with E-state index in [-0.39, 0.29) is 22.0 Å². The summed E-state index contributed by atoms with van der Waals surface area (Å²) in [5.74, 6) is -5.41. The van der Waals surface area contributed by atoms with Crippen LogP contribution in [0.2, 0.25) is 5.02 Å². The van der Waals surface area contributed by atoms with E-state index in [1.807, 2.05) is 0 Å². The van der Waals surface area contributed by atoms with Gasteiger partial charge in [0.15, 0.2) is 6.10 Å². The zero-order chi connectivity index (χ0) is 22.6. The first-order valence-corrected chi connectivity index (χ1v) is 9.94. The topological polar surface area (TPSA) is 133 Å². The minimum Gasteiger partial charge on any atom is -0.449 e. The summed E-state index contributed by atoms with van der Waals surface area (Å²) < 4.78 is 52.7. The quantitative estimate of drug-likeness (QED) is 0.378. The van der Waals surface area contributed by atoms with Gasteiger partial charge in [0, 0.05) is 12.1 Å². The number of esters is 1. The molecular formula is C17H13ClF2N2O7S. The minimum absolute atomic E-state index is 0.0525. The Balaban J connectivity index is 2.05. The van der Waals surface area contributed by atoms with Crippen LogP contribution in [0.25, 0.3) is 0 Å². The Hall–Kier alpha value is -3.12. The predicted octanol–water partition coefficient (Wildman–Crippen LogP) is 3.43. The van der Waals surface area contributed by atoms with E-state index in [0.717, 1.165) is 36.4 Å². The van der Waals surface area contributed by atoms with Crippen LogP contribution >= 0.6 is 11.6 Å². The van der Waals surface area contributed by atoms with Crippen LogP contribution in [0, 0.1) is 10.1 Å². The van der Waals surface area contributed by atoms with Crippen molar-refractivity contribution in [1.82, 2.24) is 0 Å². The monoisotopic (exact) mass is 462 g/mol. The summed E-state index contributed by atoms with van der Waals surface area (Å²) in [4.78, 5) is 33.6. The second kappa shape index (κ2) is 9.13. The lowest BCUT2D eigenvalue weighted by Gasteiger charge is -2.14. The first-order chi connectivity index (χ1) is 13.9. The molecule has 2 aromatic rings. The van der Waals surface area contributed by atoms with Crippen molar-refractivity contribution in [1.29, 1.82) is 0 Å². The lowest BCUT2D eigenvalue weighted by Crippen LogP contribution is -2.30. The van der Waals surface area contributed by atoms with Gasteiger partial charge < -0.3 is 10.1 Å². The van der Waals surface area contributed by atoms with Crippen LogP contribution in [0.4, 0.5) is 20.2 Å². The third-order valence-electron chi connectivity index (χ3n) is 3.73. The molecule has 0 heterocycles. The second-order valence-electron chi connectivity index (χ2n) is 5.79. The maximum Gasteiger partial charge on any atom is 0.341 e. The number of hydrogen-bond acceptors (Lipinski definition) is 7. The normalized spacial score (nSPS) is 12.3. The third-order valence-corrected chi connectivity index (χ3v) is 5.44. The molecule has 1 atom stereocenters. The van der Waals surface area contributed by atoms with Crippen molar-refractivity contribution in [3.63, 3.8) is 0 Å². The number of halogens is 3. The van der Waals surface area contributed by atoms with Gasteiger partial charge in [0.1, 0.15) is 0 Å². The van der Waals surface area contributed by atoms with Gasteiger partial charge in [-0.3, -0.25) is 14.9 Å². The molecule has 1 amide bonds. The summed E-state index contributed by atoms with van der Waals surface area (Å²) in [7, 11) is -4.81. The number of hydrogen-bond donors (Lipinski definition) is 1. The number of nitro benzene ring substituents is 1. The summed E-state index contributed by atoms with van der Waals surface area (Å²) in [5.41, 5.74) is -0.400. The molecule has 0 saturated heterocycles. The number of nitro groups is 1. The van der Waals surface area contributed by atoms with Crippen LogP contribution in [-0.2, 0) is 19.4 Å². The van der Waals surface area contributed by atoms with Gasteiger partial charge in [-0.25, -0.2) is 13.2 Å². The number of nitrogens with one attached hydrogen (secondary N) is 1. The van der Waals surface area contributed by atoms with Crippen molar-refractivity contribution in [2.24, 2.45) is 0 Å². The van der Waals surface area contributed by atoms with E-state index in [0.29, 0.717) is 0 Å². The summed E-state index contributed by atoms with van der Waals surface area (Å²) in [5, 5.41) is 12.9. The Kier molecular flexibility index (Phi) is 7.05. The molecule has 30 heavy (non-hydrogen) atoms. The number of rotatable bonds is 7. The van der Waals surface area contributed by atoms with Crippen molar-refractivity contribution < 1.29 is 36.4 Å². The Bertz CT molecular complexity index is 1090. The highest BCUT2D eigenvalue weighted by Gasteiger charge is 2.27. The molecule has 0 aromatic heterocycles. The zero-order valence-electron chi connectivity index (χ0n) is 15.0. The predicted molar refractivity (Wildman–Crippen MR) is 101 cm³/mol. The molecular weight excluding hydrogens is 450 g/mol. The Labute approximate surface area is 173 Å². The number of benzene rings is 2. The molecule has 160 valence electrons. The maximum atomic E-state index is 12.5. The summed E-state index contributed by atoms with van der Waals surface area (Å²) in [6.45, 7) is 1.24. The zero-order valence-corrected chi connectivity index (χ0v) is 16.6. The fourth-order valence-electron chi connectivity index (χ4n) is 2.12. The molecule has 0 aliphatic carbocycles. The molecule has 9 nitrogen and oxygen atoms in total. The Morgan fingerprint density at radius 1 is 1.17 bits per heavy atom. The van der Waals surface area contributed by atoms with E-state index in [2.05, 4.69) is 5.32 Å². The number of carbonyl (C=O) groups excluding carboxylic acids is 2. The van der Waals surface area contributed by atoms with Gasteiger partial charge in [-0.15, -0.1) is 0 Å². The number of non-ortho nitro benzene ring substituents is 1. The van der Waals surface area contributed by atoms with Crippen LogP contribution < -0.4 is 5.32 Å². The molecule has 0 bridgehead atoms. The lowest BCUT2D eigenvalue weighted by molar-refractivity contribution is -0.384. The molecule has 0 aliphatic rings. The fourth-order valence-corrected chi connectivity index (χ4v) is 3.06. The maximum absolute atomic E-state index is 12.5. The molecule has 0 aliphatic heterocycles. The highest BCUT2D eigenvalue weighted by Crippen LogP contribution is 2.27. The summed E-state index contributed by atoms with van der Waals surface area (Å²) >= 11 is 5.87. The molecule has 0 fully saturated rings. The number of alkyl halides is 2. The van der Waals surface area contributed by atoms with Gasteiger partial charge in [0.05, 0.1) is 26.1 Å². The van der Waals surface area contributed by atoms with Crippen LogP contribution in [0.1, 0.15) is 17.3 Å². The lowest BCUT2D eigenvalue weighted by atomic mass is 10.2. The van der Waals surface area contributed by atoms with Gasteiger partial charge in [0.25, 0.3) is 11.6 Å². The van der Waals surface area contributed by atoms with Gasteiger partial charge in [0.2, 0.25) is 9.84 Å². The smallest absolute Gasteiger partial charge is 0.341 e. The standard InChI is InChI=1S/C17H13ClF2N2O7S/c1-9(15(23)21-14-7-4-11(22(25)26)8-13(14)18)29-16(24)10-2-5-12(6-3-10)30(27,28)17(19)20/h2-9,17H,1H3,(H,21,23). The van der Waals surface area contributed by atoms with Crippen LogP contribution in [-0.4, -0.2) is 37.1 Å². The van der Waals surface area contributed by atoms with Crippen LogP contribution in [0.3, 0.4) is 0 Å². The van der Waals surface area contributed by atoms with Crippen LogP contribution in [0.5, 0.6) is 0 Å². The number of amides is 1. The van der Waals surface area contributed by atoms with Gasteiger partial charge in [-0.2, -0.15) is 8.78 Å². The summed E-state index contributed by atoms with van der Waals surface area (Å²) in [6, 6.07) is 6.93. The molecule has 1 N–H and O–H groups in total. The van der Waals surface area contributed by atoms with Crippen molar-refractivity contribution in [2.45, 2.75) is 23.7 Å². The average Bonchev–Trinajstić information content (AvgIpc) is 2.69. The highest BCUT2D eigenvalue weighted by molar-refractivity contribution is 7.91. The van der Waals surface area contributed by atoms with E-state index < -0.39 is 43.4 Å². The van der Waals surface area contributed by atoms with Gasteiger partial charge in [-0.05, 0) is 37.3 Å². The number of nitrogens with zero attached hydrogens (tertiary/aromatic N) is 1. The number of sulfone groups is 1. The highest BCUT2D eigenvalue weighted by atomic mass is 35.5. The van der Waals surface area contributed by atoms with E-state index >= 15 is 0 Å². The largest absolute Gasteiger partial charge is 0.449 e. The average molecular weight is 463 g/mol. The fraction of sp³-hybridized carbons (Fsp3) is 0.176. The third kappa shape index (κ3) is 5.27. The van der Waals surface area contributed by atoms with E-state index in [4.69, 9.17) is 16.3 Å². The van der Waals surface area contributed by atoms with Crippen molar-refractivity contribution in [3.05, 3.63) is 63.2 Å². The molecule has 0 saturated carbocycles. The summed E-state index contributed by atoms with van der Waals surface area (Å²) in [6.07, 6.45) is -1.33. The second-order valence-corrected chi connectivity index (χ2v) is 8.11. The Morgan fingerprint density at radius 3 is 2.27 bits per heavy atom. The molecule has 13 heteroatoms. The molecule has 2 rings (SSSR count). The van der Waals surface area contributed by atoms with Gasteiger partial charge >= 0.3 is 11.7 Å². The van der Waals surface area contributed by atoms with E-state index in [1.54, 1.807) is 0 Å². The number of carbonyl (C=O) groups is 2. The van der Waals surface area contributed by atoms with Gasteiger partial charge in [-0.1, -0.05) is 11.6 Å². The Morgan fingerprint density at radius 2 is 1.77 bits per heavy atom.